The Kier molecular flexibility index (Phi) is 7.82. The second-order valence-corrected chi connectivity index (χ2v) is 10.2. The molecule has 3 amide bonds. The van der Waals surface area contributed by atoms with E-state index in [0.29, 0.717) is 43.6 Å². The standard InChI is InChI=1S/C22H30ClN3O5S/c1-5-30-20(28)25-12-10-24(11-13-25)18(27)17-14-32-19(15-6-8-16(23)9-7-15)26(17)21(29)31-22(2,3)4/h6-9,17,19H,5,10-14H2,1-4H3/t17-,19+/m1/s1. The maximum absolute atomic E-state index is 13.4. The zero-order valence-electron chi connectivity index (χ0n) is 18.9. The maximum atomic E-state index is 13.4. The SMILES string of the molecule is CCOC(=O)N1CCN(C(=O)[C@H]2CS[C@@H](c3ccc(Cl)cc3)N2C(=O)OC(C)(C)C)CC1. The van der Waals surface area contributed by atoms with Gasteiger partial charge in [-0.15, -0.1) is 11.8 Å². The first-order chi connectivity index (χ1) is 15.1. The first-order valence-electron chi connectivity index (χ1n) is 10.7. The lowest BCUT2D eigenvalue weighted by molar-refractivity contribution is -0.137. The molecule has 2 atom stereocenters. The molecule has 0 N–H and O–H groups in total. The third kappa shape index (κ3) is 5.81. The summed E-state index contributed by atoms with van der Waals surface area (Å²) in [4.78, 5) is 43.4. The number of amides is 3. The highest BCUT2D eigenvalue weighted by molar-refractivity contribution is 7.99. The van der Waals surface area contributed by atoms with Crippen LogP contribution < -0.4 is 0 Å². The van der Waals surface area contributed by atoms with Crippen LogP contribution in [-0.4, -0.2) is 83.0 Å². The molecule has 0 saturated carbocycles. The Labute approximate surface area is 198 Å². The molecule has 2 heterocycles. The highest BCUT2D eigenvalue weighted by atomic mass is 35.5. The van der Waals surface area contributed by atoms with E-state index in [2.05, 4.69) is 0 Å². The van der Waals surface area contributed by atoms with E-state index >= 15 is 0 Å². The minimum atomic E-state index is -0.687. The van der Waals surface area contributed by atoms with Crippen molar-refractivity contribution in [2.45, 2.75) is 44.7 Å². The fourth-order valence-corrected chi connectivity index (χ4v) is 5.19. The molecule has 0 radical (unpaired) electrons. The predicted molar refractivity (Wildman–Crippen MR) is 124 cm³/mol. The van der Waals surface area contributed by atoms with E-state index in [9.17, 15) is 14.4 Å². The van der Waals surface area contributed by atoms with Gasteiger partial charge in [0.1, 0.15) is 17.0 Å². The van der Waals surface area contributed by atoms with E-state index in [0.717, 1.165) is 5.56 Å². The zero-order chi connectivity index (χ0) is 23.5. The Morgan fingerprint density at radius 1 is 1.03 bits per heavy atom. The fourth-order valence-electron chi connectivity index (χ4n) is 3.65. The van der Waals surface area contributed by atoms with E-state index in [1.54, 1.807) is 54.5 Å². The van der Waals surface area contributed by atoms with E-state index in [4.69, 9.17) is 21.1 Å². The molecular weight excluding hydrogens is 454 g/mol. The third-order valence-electron chi connectivity index (χ3n) is 5.16. The van der Waals surface area contributed by atoms with Crippen LogP contribution in [0.3, 0.4) is 0 Å². The van der Waals surface area contributed by atoms with Gasteiger partial charge in [-0.1, -0.05) is 23.7 Å². The minimum Gasteiger partial charge on any atom is -0.450 e. The van der Waals surface area contributed by atoms with Gasteiger partial charge in [-0.2, -0.15) is 0 Å². The molecule has 8 nitrogen and oxygen atoms in total. The number of carbonyl (C=O) groups excluding carboxylic acids is 3. The first-order valence-corrected chi connectivity index (χ1v) is 12.1. The van der Waals surface area contributed by atoms with Crippen molar-refractivity contribution >= 4 is 41.5 Å². The summed E-state index contributed by atoms with van der Waals surface area (Å²) in [6, 6.07) is 6.62. The van der Waals surface area contributed by atoms with E-state index in [-0.39, 0.29) is 17.4 Å². The lowest BCUT2D eigenvalue weighted by Gasteiger charge is -2.37. The molecule has 2 fully saturated rings. The molecule has 0 aromatic heterocycles. The van der Waals surface area contributed by atoms with Gasteiger partial charge in [-0.25, -0.2) is 9.59 Å². The van der Waals surface area contributed by atoms with E-state index in [1.807, 2.05) is 12.1 Å². The smallest absolute Gasteiger partial charge is 0.412 e. The Balaban J connectivity index is 1.76. The van der Waals surface area contributed by atoms with Gasteiger partial charge >= 0.3 is 12.2 Å². The van der Waals surface area contributed by atoms with Crippen LogP contribution in [0, 0.1) is 0 Å². The predicted octanol–water partition coefficient (Wildman–Crippen LogP) is 3.99. The summed E-state index contributed by atoms with van der Waals surface area (Å²) in [6.45, 7) is 9.07. The third-order valence-corrected chi connectivity index (χ3v) is 6.74. The molecule has 1 aromatic carbocycles. The average molecular weight is 484 g/mol. The van der Waals surface area contributed by atoms with Crippen LogP contribution in [0.5, 0.6) is 0 Å². The molecule has 3 rings (SSSR count). The summed E-state index contributed by atoms with van der Waals surface area (Å²) < 4.78 is 10.7. The lowest BCUT2D eigenvalue weighted by atomic mass is 10.1. The maximum Gasteiger partial charge on any atom is 0.412 e. The molecule has 0 unspecified atom stereocenters. The molecule has 2 saturated heterocycles. The van der Waals surface area contributed by atoms with Gasteiger partial charge in [0.25, 0.3) is 0 Å². The second kappa shape index (κ2) is 10.2. The molecule has 32 heavy (non-hydrogen) atoms. The fraction of sp³-hybridized carbons (Fsp3) is 0.591. The number of halogens is 1. The number of carbonyl (C=O) groups is 3. The highest BCUT2D eigenvalue weighted by Crippen LogP contribution is 2.43. The number of hydrogen-bond donors (Lipinski definition) is 0. The largest absolute Gasteiger partial charge is 0.450 e. The average Bonchev–Trinajstić information content (AvgIpc) is 3.18. The van der Waals surface area contributed by atoms with Gasteiger partial charge in [-0.05, 0) is 45.4 Å². The Morgan fingerprint density at radius 3 is 2.19 bits per heavy atom. The van der Waals surface area contributed by atoms with Gasteiger partial charge in [0.15, 0.2) is 0 Å². The molecule has 1 aromatic rings. The Morgan fingerprint density at radius 2 is 1.62 bits per heavy atom. The highest BCUT2D eigenvalue weighted by Gasteiger charge is 2.46. The number of thioether (sulfide) groups is 1. The number of rotatable bonds is 3. The monoisotopic (exact) mass is 483 g/mol. The minimum absolute atomic E-state index is 0.136. The van der Waals surface area contributed by atoms with Gasteiger partial charge in [0.05, 0.1) is 6.61 Å². The van der Waals surface area contributed by atoms with Crippen molar-refractivity contribution in [2.24, 2.45) is 0 Å². The van der Waals surface area contributed by atoms with Crippen LogP contribution >= 0.6 is 23.4 Å². The molecule has 176 valence electrons. The van der Waals surface area contributed by atoms with Gasteiger partial charge < -0.3 is 19.3 Å². The summed E-state index contributed by atoms with van der Waals surface area (Å²) >= 11 is 7.56. The first kappa shape index (κ1) is 24.5. The van der Waals surface area contributed by atoms with Gasteiger partial charge in [-0.3, -0.25) is 9.69 Å². The van der Waals surface area contributed by atoms with Crippen molar-refractivity contribution < 1.29 is 23.9 Å². The number of benzene rings is 1. The molecule has 2 aliphatic rings. The zero-order valence-corrected chi connectivity index (χ0v) is 20.4. The van der Waals surface area contributed by atoms with Crippen LogP contribution in [0.2, 0.25) is 5.02 Å². The number of ether oxygens (including phenoxy) is 2. The normalized spacial score (nSPS) is 21.5. The summed E-state index contributed by atoms with van der Waals surface area (Å²) in [5, 5.41) is 0.254. The van der Waals surface area contributed by atoms with Crippen molar-refractivity contribution in [3.05, 3.63) is 34.9 Å². The van der Waals surface area contributed by atoms with Crippen molar-refractivity contribution in [1.82, 2.24) is 14.7 Å². The van der Waals surface area contributed by atoms with E-state index < -0.39 is 17.7 Å². The molecule has 0 bridgehead atoms. The number of piperazine rings is 1. The number of nitrogens with zero attached hydrogens (tertiary/aromatic N) is 3. The second-order valence-electron chi connectivity index (χ2n) is 8.65. The Hall–Kier alpha value is -2.13. The summed E-state index contributed by atoms with van der Waals surface area (Å²) in [6.07, 6.45) is -0.889. The number of hydrogen-bond acceptors (Lipinski definition) is 6. The van der Waals surface area contributed by atoms with Crippen LogP contribution in [0.4, 0.5) is 9.59 Å². The molecule has 10 heteroatoms. The molecular formula is C22H30ClN3O5S. The van der Waals surface area contributed by atoms with Gasteiger partial charge in [0.2, 0.25) is 5.91 Å². The summed E-state index contributed by atoms with van der Waals surface area (Å²) in [5.41, 5.74) is 0.195. The Bertz CT molecular complexity index is 837. The quantitative estimate of drug-likeness (QED) is 0.646. The van der Waals surface area contributed by atoms with Crippen molar-refractivity contribution in [3.63, 3.8) is 0 Å². The van der Waals surface area contributed by atoms with Crippen LogP contribution in [0.1, 0.15) is 38.6 Å². The van der Waals surface area contributed by atoms with E-state index in [1.165, 1.54) is 11.8 Å². The van der Waals surface area contributed by atoms with Crippen molar-refractivity contribution in [1.29, 1.82) is 0 Å². The van der Waals surface area contributed by atoms with Crippen molar-refractivity contribution in [3.8, 4) is 0 Å². The molecule has 0 aliphatic carbocycles. The van der Waals surface area contributed by atoms with Gasteiger partial charge in [0, 0.05) is 37.0 Å². The topological polar surface area (TPSA) is 79.4 Å². The van der Waals surface area contributed by atoms with Crippen LogP contribution in [0.15, 0.2) is 24.3 Å². The summed E-state index contributed by atoms with van der Waals surface area (Å²) in [5.74, 6) is 0.326. The molecule has 0 spiro atoms. The molecule has 2 aliphatic heterocycles. The lowest BCUT2D eigenvalue weighted by Crippen LogP contribution is -2.56. The van der Waals surface area contributed by atoms with Crippen LogP contribution in [0.25, 0.3) is 0 Å². The summed E-state index contributed by atoms with van der Waals surface area (Å²) in [7, 11) is 0. The van der Waals surface area contributed by atoms with Crippen molar-refractivity contribution in [2.75, 3.05) is 38.5 Å². The van der Waals surface area contributed by atoms with Crippen LogP contribution in [-0.2, 0) is 14.3 Å².